The van der Waals surface area contributed by atoms with E-state index in [1.54, 1.807) is 19.2 Å². The average Bonchev–Trinajstić information content (AvgIpc) is 3.06. The van der Waals surface area contributed by atoms with Crippen LogP contribution in [0.2, 0.25) is 0 Å². The zero-order chi connectivity index (χ0) is 23.4. The number of ether oxygens (including phenoxy) is 2. The van der Waals surface area contributed by atoms with Gasteiger partial charge in [-0.3, -0.25) is 0 Å². The molecule has 0 aromatic heterocycles. The Balaban J connectivity index is 1.58. The predicted molar refractivity (Wildman–Crippen MR) is 122 cm³/mol. The Hall–Kier alpha value is -3.15. The number of rotatable bonds is 2. The largest absolute Gasteiger partial charge is 0.489 e. The smallest absolute Gasteiger partial charge is 0.221 e. The van der Waals surface area contributed by atoms with Crippen LogP contribution in [0.3, 0.4) is 0 Å². The first-order chi connectivity index (χ1) is 15.7. The average molecular weight is 451 g/mol. The zero-order valence-electron chi connectivity index (χ0n) is 19.0. The van der Waals surface area contributed by atoms with Crippen LogP contribution in [0.25, 0.3) is 16.0 Å². The van der Waals surface area contributed by atoms with Gasteiger partial charge in [-0.2, -0.15) is 0 Å². The number of benzene rings is 2. The highest BCUT2D eigenvalue weighted by Crippen LogP contribution is 2.50. The van der Waals surface area contributed by atoms with Gasteiger partial charge in [0.1, 0.15) is 17.7 Å². The number of hydrogen-bond donors (Lipinski definition) is 1. The van der Waals surface area contributed by atoms with Gasteiger partial charge in [-0.15, -0.1) is 0 Å². The minimum Gasteiger partial charge on any atom is -0.489 e. The van der Waals surface area contributed by atoms with Crippen molar-refractivity contribution in [1.29, 1.82) is 0 Å². The third kappa shape index (κ3) is 3.81. The lowest BCUT2D eigenvalue weighted by molar-refractivity contribution is -0.198. The third-order valence-corrected chi connectivity index (χ3v) is 6.71. The van der Waals surface area contributed by atoms with Crippen molar-refractivity contribution in [2.75, 3.05) is 13.7 Å². The minimum atomic E-state index is -1.05. The Bertz CT molecular complexity index is 1170. The summed E-state index contributed by atoms with van der Waals surface area (Å²) in [5, 5.41) is 1.47. The van der Waals surface area contributed by atoms with Gasteiger partial charge in [-0.05, 0) is 56.5 Å². The van der Waals surface area contributed by atoms with Crippen LogP contribution >= 0.6 is 0 Å². The maximum atomic E-state index is 14.7. The maximum Gasteiger partial charge on any atom is 0.221 e. The highest BCUT2D eigenvalue weighted by atomic mass is 19.1. The molecule has 3 unspecified atom stereocenters. The summed E-state index contributed by atoms with van der Waals surface area (Å²) >= 11 is 0. The Labute approximate surface area is 192 Å². The van der Waals surface area contributed by atoms with Gasteiger partial charge in [-0.25, -0.2) is 24.1 Å². The molecular formula is C25H27FN4O3. The molecule has 2 N–H and O–H groups in total. The first kappa shape index (κ1) is 21.7. The molecule has 1 fully saturated rings. The maximum absolute atomic E-state index is 14.7. The van der Waals surface area contributed by atoms with Crippen molar-refractivity contribution in [1.82, 2.24) is 5.06 Å². The van der Waals surface area contributed by atoms with Crippen molar-refractivity contribution in [2.45, 2.75) is 50.5 Å². The van der Waals surface area contributed by atoms with Gasteiger partial charge in [0.25, 0.3) is 0 Å². The topological polar surface area (TPSA) is 73.7 Å². The van der Waals surface area contributed by atoms with E-state index in [1.807, 2.05) is 12.1 Å². The molecule has 2 aromatic carbocycles. The van der Waals surface area contributed by atoms with Crippen LogP contribution in [0, 0.1) is 18.3 Å². The monoisotopic (exact) mass is 450 g/mol. The molecule has 3 heterocycles. The fourth-order valence-corrected chi connectivity index (χ4v) is 5.10. The molecule has 0 radical (unpaired) electrons. The normalized spacial score (nSPS) is 28.1. The molecule has 3 aliphatic heterocycles. The van der Waals surface area contributed by atoms with Gasteiger partial charge < -0.3 is 15.2 Å². The summed E-state index contributed by atoms with van der Waals surface area (Å²) < 4.78 is 27.0. The second-order valence-corrected chi connectivity index (χ2v) is 9.55. The van der Waals surface area contributed by atoms with E-state index in [-0.39, 0.29) is 23.6 Å². The Morgan fingerprint density at radius 1 is 1.21 bits per heavy atom. The molecule has 8 heteroatoms. The summed E-state index contributed by atoms with van der Waals surface area (Å²) in [6, 6.07) is 9.80. The zero-order valence-corrected chi connectivity index (χ0v) is 19.0. The van der Waals surface area contributed by atoms with Crippen molar-refractivity contribution in [2.24, 2.45) is 16.6 Å². The number of fused-ring (bicyclic) bond motifs is 2. The quantitative estimate of drug-likeness (QED) is 0.669. The Morgan fingerprint density at radius 3 is 2.73 bits per heavy atom. The number of nitrogens with zero attached hydrogens (tertiary/aromatic N) is 3. The van der Waals surface area contributed by atoms with E-state index in [0.717, 1.165) is 12.8 Å². The predicted octanol–water partition coefficient (Wildman–Crippen LogP) is 4.74. The molecule has 0 saturated carbocycles. The molecule has 33 heavy (non-hydrogen) atoms. The summed E-state index contributed by atoms with van der Waals surface area (Å²) in [6.45, 7) is 12.1. The molecule has 1 saturated heterocycles. The molecule has 0 aliphatic carbocycles. The molecule has 3 aliphatic rings. The van der Waals surface area contributed by atoms with Gasteiger partial charge in [0, 0.05) is 31.6 Å². The first-order valence-corrected chi connectivity index (χ1v) is 11.1. The number of aliphatic imine (C=N–C) groups is 1. The molecule has 7 nitrogen and oxygen atoms in total. The van der Waals surface area contributed by atoms with E-state index in [2.05, 4.69) is 18.7 Å². The van der Waals surface area contributed by atoms with Crippen LogP contribution in [0.4, 0.5) is 10.1 Å². The minimum absolute atomic E-state index is 0.128. The highest BCUT2D eigenvalue weighted by molar-refractivity contribution is 5.79. The molecule has 0 bridgehead atoms. The van der Waals surface area contributed by atoms with Crippen molar-refractivity contribution in [3.05, 3.63) is 59.2 Å². The van der Waals surface area contributed by atoms with E-state index >= 15 is 0 Å². The number of hydroxylamine groups is 2. The van der Waals surface area contributed by atoms with Gasteiger partial charge in [0.2, 0.25) is 11.7 Å². The summed E-state index contributed by atoms with van der Waals surface area (Å²) in [7, 11) is 1.72. The second-order valence-electron chi connectivity index (χ2n) is 9.55. The van der Waals surface area contributed by atoms with E-state index < -0.39 is 11.5 Å². The second kappa shape index (κ2) is 7.72. The summed E-state index contributed by atoms with van der Waals surface area (Å²) in [6.07, 6.45) is 2.11. The number of hydrogen-bond acceptors (Lipinski definition) is 6. The van der Waals surface area contributed by atoms with Gasteiger partial charge in [-0.1, -0.05) is 12.1 Å². The fourth-order valence-electron chi connectivity index (χ4n) is 5.10. The van der Waals surface area contributed by atoms with Gasteiger partial charge in [0.15, 0.2) is 5.69 Å². The van der Waals surface area contributed by atoms with Crippen molar-refractivity contribution in [3.8, 4) is 16.9 Å². The van der Waals surface area contributed by atoms with Crippen LogP contribution in [-0.4, -0.2) is 36.4 Å². The molecule has 3 atom stereocenters. The Kier molecular flexibility index (Phi) is 5.07. The molecule has 1 spiro atoms. The molecule has 0 amide bonds. The van der Waals surface area contributed by atoms with Crippen molar-refractivity contribution >= 4 is 11.6 Å². The Morgan fingerprint density at radius 2 is 2.03 bits per heavy atom. The molecular weight excluding hydrogens is 423 g/mol. The van der Waals surface area contributed by atoms with Crippen molar-refractivity contribution in [3.63, 3.8) is 0 Å². The number of halogens is 1. The van der Waals surface area contributed by atoms with Crippen LogP contribution in [0.15, 0.2) is 41.4 Å². The van der Waals surface area contributed by atoms with Crippen LogP contribution in [0.1, 0.15) is 38.7 Å². The van der Waals surface area contributed by atoms with E-state index in [0.29, 0.717) is 41.2 Å². The highest BCUT2D eigenvalue weighted by Gasteiger charge is 2.51. The number of guanidine groups is 1. The lowest BCUT2D eigenvalue weighted by atomic mass is 9.79. The molecule has 172 valence electrons. The first-order valence-electron chi connectivity index (χ1n) is 11.1. The summed E-state index contributed by atoms with van der Waals surface area (Å²) in [4.78, 5) is 14.4. The summed E-state index contributed by atoms with van der Waals surface area (Å²) in [5.74, 6) is 0.800. The molecule has 5 rings (SSSR count). The SMILES string of the molecule is [C-]#[N+]c1ccc(F)c(-c2ccc3c(c2)C2(CC(C4CCOC(C)(C)C4)O3)N=C(N)N(C)O2)c1. The molecule has 2 aromatic rings. The standard InChI is InChI=1S/C25H27FN4O3/c1-24(2)13-16(9-10-31-24)22-14-25(29-23(27)30(4)33-25)19-11-15(5-8-21(19)32-22)18-12-17(28-3)6-7-20(18)26/h5-8,11-12,16,22H,9-10,13-14H2,1-2,4H3,(H2,27,29). The van der Waals surface area contributed by atoms with Gasteiger partial charge >= 0.3 is 0 Å². The lowest BCUT2D eigenvalue weighted by Gasteiger charge is -2.44. The van der Waals surface area contributed by atoms with Crippen LogP contribution in [0.5, 0.6) is 5.75 Å². The fraction of sp³-hybridized carbons (Fsp3) is 0.440. The summed E-state index contributed by atoms with van der Waals surface area (Å²) in [5.41, 5.74) is 6.88. The van der Waals surface area contributed by atoms with E-state index in [4.69, 9.17) is 31.6 Å². The lowest BCUT2D eigenvalue weighted by Crippen LogP contribution is -2.46. The van der Waals surface area contributed by atoms with E-state index in [1.165, 1.54) is 17.2 Å². The van der Waals surface area contributed by atoms with E-state index in [9.17, 15) is 4.39 Å². The number of nitrogens with two attached hydrogens (primary N) is 1. The van der Waals surface area contributed by atoms with Crippen molar-refractivity contribution < 1.29 is 18.7 Å². The van der Waals surface area contributed by atoms with Gasteiger partial charge in [0.05, 0.1) is 17.7 Å². The van der Waals surface area contributed by atoms with Crippen LogP contribution < -0.4 is 10.5 Å². The van der Waals surface area contributed by atoms with Crippen LogP contribution in [-0.2, 0) is 15.3 Å². The third-order valence-electron chi connectivity index (χ3n) is 6.71.